The van der Waals surface area contributed by atoms with Gasteiger partial charge in [-0.3, -0.25) is 4.79 Å². The van der Waals surface area contributed by atoms with Gasteiger partial charge in [-0.05, 0) is 61.7 Å². The van der Waals surface area contributed by atoms with Crippen molar-refractivity contribution in [1.82, 2.24) is 15.2 Å². The second-order valence-electron chi connectivity index (χ2n) is 8.84. The van der Waals surface area contributed by atoms with E-state index in [1.165, 1.54) is 11.1 Å². The number of ether oxygens (including phenoxy) is 3. The molecular weight excluding hydrogens is 450 g/mol. The summed E-state index contributed by atoms with van der Waals surface area (Å²) in [6.45, 7) is 4.90. The molecule has 5 rings (SSSR count). The standard InChI is InChI=1S/C26H29N3O4S/c1-17-5-2-3-6-18(17)8-9-29(26(34)27-14-21-7-4-10-31-21)15-20-11-19-12-23-24(33-16-32-23)13-22(19)28-25(20)30/h2-3,5-6,11-13,21H,4,7-10,14-16H2,1H3,(H,27,34)(H,28,30). The molecule has 1 atom stereocenters. The maximum Gasteiger partial charge on any atom is 0.253 e. The first-order valence-corrected chi connectivity index (χ1v) is 12.1. The number of thiocarbonyl (C=S) groups is 1. The SMILES string of the molecule is Cc1ccccc1CCN(Cc1cc2cc3c(cc2[nH]c1=O)OCO3)C(=S)NCC1CCCO1. The van der Waals surface area contributed by atoms with Crippen LogP contribution in [0.25, 0.3) is 10.9 Å². The van der Waals surface area contributed by atoms with Gasteiger partial charge in [-0.25, -0.2) is 0 Å². The number of nitrogens with zero attached hydrogens (tertiary/aromatic N) is 1. The van der Waals surface area contributed by atoms with Crippen LogP contribution in [0.3, 0.4) is 0 Å². The molecule has 2 aromatic carbocycles. The first-order chi connectivity index (χ1) is 16.6. The topological polar surface area (TPSA) is 75.8 Å². The van der Waals surface area contributed by atoms with E-state index < -0.39 is 0 Å². The Balaban J connectivity index is 1.37. The summed E-state index contributed by atoms with van der Waals surface area (Å²) in [5.74, 6) is 1.34. The fourth-order valence-corrected chi connectivity index (χ4v) is 4.72. The zero-order valence-electron chi connectivity index (χ0n) is 19.3. The van der Waals surface area contributed by atoms with Crippen LogP contribution in [0.15, 0.2) is 47.3 Å². The van der Waals surface area contributed by atoms with Gasteiger partial charge in [0, 0.05) is 36.7 Å². The minimum absolute atomic E-state index is 0.130. The largest absolute Gasteiger partial charge is 0.454 e. The number of aryl methyl sites for hydroxylation is 1. The molecular formula is C26H29N3O4S. The van der Waals surface area contributed by atoms with E-state index >= 15 is 0 Å². The summed E-state index contributed by atoms with van der Waals surface area (Å²) >= 11 is 5.77. The Hall–Kier alpha value is -3.10. The first-order valence-electron chi connectivity index (χ1n) is 11.7. The van der Waals surface area contributed by atoms with Crippen LogP contribution in [-0.4, -0.2) is 47.6 Å². The molecule has 3 aromatic rings. The average Bonchev–Trinajstić information content (AvgIpc) is 3.51. The van der Waals surface area contributed by atoms with Crippen LogP contribution in [-0.2, 0) is 17.7 Å². The second kappa shape index (κ2) is 10.0. The summed E-state index contributed by atoms with van der Waals surface area (Å²) in [6.07, 6.45) is 3.14. The first kappa shape index (κ1) is 22.7. The van der Waals surface area contributed by atoms with E-state index in [2.05, 4.69) is 40.3 Å². The molecule has 0 radical (unpaired) electrons. The van der Waals surface area contributed by atoms with Crippen molar-refractivity contribution in [1.29, 1.82) is 0 Å². The normalized spacial score (nSPS) is 16.7. The van der Waals surface area contributed by atoms with E-state index in [-0.39, 0.29) is 18.5 Å². The summed E-state index contributed by atoms with van der Waals surface area (Å²) in [5, 5.41) is 4.90. The van der Waals surface area contributed by atoms with Crippen LogP contribution in [0.2, 0.25) is 0 Å². The number of pyridine rings is 1. The molecule has 1 saturated heterocycles. The molecule has 3 heterocycles. The lowest BCUT2D eigenvalue weighted by Crippen LogP contribution is -2.43. The van der Waals surface area contributed by atoms with Crippen molar-refractivity contribution in [3.63, 3.8) is 0 Å². The van der Waals surface area contributed by atoms with Gasteiger partial charge in [-0.1, -0.05) is 24.3 Å². The third-order valence-electron chi connectivity index (χ3n) is 6.48. The van der Waals surface area contributed by atoms with Crippen molar-refractivity contribution >= 4 is 28.2 Å². The van der Waals surface area contributed by atoms with Gasteiger partial charge in [0.05, 0.1) is 18.2 Å². The fourth-order valence-electron chi connectivity index (χ4n) is 4.48. The molecule has 8 heteroatoms. The summed E-state index contributed by atoms with van der Waals surface area (Å²) in [5.41, 5.74) is 3.77. The Morgan fingerprint density at radius 2 is 2.00 bits per heavy atom. The van der Waals surface area contributed by atoms with Gasteiger partial charge in [0.1, 0.15) is 0 Å². The van der Waals surface area contributed by atoms with Crippen molar-refractivity contribution < 1.29 is 14.2 Å². The van der Waals surface area contributed by atoms with Gasteiger partial charge in [-0.15, -0.1) is 0 Å². The zero-order chi connectivity index (χ0) is 23.5. The number of benzene rings is 2. The van der Waals surface area contributed by atoms with Crippen LogP contribution < -0.4 is 20.3 Å². The average molecular weight is 480 g/mol. The van der Waals surface area contributed by atoms with Gasteiger partial charge in [0.25, 0.3) is 5.56 Å². The highest BCUT2D eigenvalue weighted by Gasteiger charge is 2.20. The van der Waals surface area contributed by atoms with Gasteiger partial charge in [0.2, 0.25) is 6.79 Å². The quantitative estimate of drug-likeness (QED) is 0.501. The number of rotatable bonds is 7. The predicted molar refractivity (Wildman–Crippen MR) is 136 cm³/mol. The number of nitrogens with one attached hydrogen (secondary N) is 2. The smallest absolute Gasteiger partial charge is 0.253 e. The fraction of sp³-hybridized carbons (Fsp3) is 0.385. The number of hydrogen-bond acceptors (Lipinski definition) is 5. The van der Waals surface area contributed by atoms with Crippen LogP contribution >= 0.6 is 12.2 Å². The van der Waals surface area contributed by atoms with Crippen LogP contribution in [0.1, 0.15) is 29.5 Å². The minimum Gasteiger partial charge on any atom is -0.454 e. The molecule has 0 aliphatic carbocycles. The molecule has 2 aliphatic rings. The highest BCUT2D eigenvalue weighted by molar-refractivity contribution is 7.80. The van der Waals surface area contributed by atoms with Crippen molar-refractivity contribution in [2.45, 2.75) is 38.8 Å². The highest BCUT2D eigenvalue weighted by Crippen LogP contribution is 2.35. The molecule has 1 aromatic heterocycles. The van der Waals surface area contributed by atoms with Crippen LogP contribution in [0, 0.1) is 6.92 Å². The lowest BCUT2D eigenvalue weighted by molar-refractivity contribution is 0.113. The Bertz CT molecular complexity index is 1250. The van der Waals surface area contributed by atoms with E-state index in [1.807, 2.05) is 24.3 Å². The zero-order valence-corrected chi connectivity index (χ0v) is 20.1. The molecule has 0 bridgehead atoms. The van der Waals surface area contributed by atoms with Crippen molar-refractivity contribution in [3.05, 3.63) is 69.5 Å². The van der Waals surface area contributed by atoms with Gasteiger partial charge in [0.15, 0.2) is 16.6 Å². The third kappa shape index (κ3) is 5.03. The number of fused-ring (bicyclic) bond motifs is 2. The molecule has 178 valence electrons. The summed E-state index contributed by atoms with van der Waals surface area (Å²) < 4.78 is 16.7. The highest BCUT2D eigenvalue weighted by atomic mass is 32.1. The van der Waals surface area contributed by atoms with E-state index in [1.54, 1.807) is 0 Å². The van der Waals surface area contributed by atoms with E-state index in [9.17, 15) is 4.79 Å². The molecule has 7 nitrogen and oxygen atoms in total. The van der Waals surface area contributed by atoms with Gasteiger partial charge in [-0.2, -0.15) is 0 Å². The molecule has 2 N–H and O–H groups in total. The lowest BCUT2D eigenvalue weighted by Gasteiger charge is -2.27. The minimum atomic E-state index is -0.130. The van der Waals surface area contributed by atoms with Crippen LogP contribution in [0.5, 0.6) is 11.5 Å². The van der Waals surface area contributed by atoms with Crippen LogP contribution in [0.4, 0.5) is 0 Å². The van der Waals surface area contributed by atoms with E-state index in [4.69, 9.17) is 26.4 Å². The van der Waals surface area contributed by atoms with Crippen molar-refractivity contribution in [2.24, 2.45) is 0 Å². The third-order valence-corrected chi connectivity index (χ3v) is 6.88. The Morgan fingerprint density at radius 1 is 1.18 bits per heavy atom. The summed E-state index contributed by atoms with van der Waals surface area (Å²) in [4.78, 5) is 18.0. The Morgan fingerprint density at radius 3 is 2.79 bits per heavy atom. The monoisotopic (exact) mass is 479 g/mol. The number of H-pyrrole nitrogens is 1. The van der Waals surface area contributed by atoms with Crippen molar-refractivity contribution in [3.8, 4) is 11.5 Å². The molecule has 1 fully saturated rings. The molecule has 2 aliphatic heterocycles. The van der Waals surface area contributed by atoms with Gasteiger partial charge < -0.3 is 29.4 Å². The molecule has 34 heavy (non-hydrogen) atoms. The summed E-state index contributed by atoms with van der Waals surface area (Å²) in [7, 11) is 0. The number of aromatic amines is 1. The molecule has 0 amide bonds. The van der Waals surface area contributed by atoms with E-state index in [0.717, 1.165) is 36.8 Å². The maximum absolute atomic E-state index is 12.9. The van der Waals surface area contributed by atoms with Gasteiger partial charge >= 0.3 is 0 Å². The number of hydrogen-bond donors (Lipinski definition) is 2. The van der Waals surface area contributed by atoms with Crippen molar-refractivity contribution in [2.75, 3.05) is 26.5 Å². The molecule has 1 unspecified atom stereocenters. The number of aromatic nitrogens is 1. The maximum atomic E-state index is 12.9. The Kier molecular flexibility index (Phi) is 6.69. The molecule has 0 saturated carbocycles. The predicted octanol–water partition coefficient (Wildman–Crippen LogP) is 3.66. The second-order valence-corrected chi connectivity index (χ2v) is 9.22. The Labute approximate surface area is 204 Å². The van der Waals surface area contributed by atoms with E-state index in [0.29, 0.717) is 41.8 Å². The lowest BCUT2D eigenvalue weighted by atomic mass is 10.1. The summed E-state index contributed by atoms with van der Waals surface area (Å²) in [6, 6.07) is 14.0. The molecule has 0 spiro atoms.